The first-order valence-corrected chi connectivity index (χ1v) is 10.7. The average molecular weight is 399 g/mol. The molecule has 0 bridgehead atoms. The lowest BCUT2D eigenvalue weighted by Crippen LogP contribution is -2.35. The van der Waals surface area contributed by atoms with E-state index in [1.807, 2.05) is 28.8 Å². The number of hydrogen-bond donors (Lipinski definition) is 0. The number of rotatable bonds is 5. The van der Waals surface area contributed by atoms with Gasteiger partial charge in [0.1, 0.15) is 12.3 Å². The second-order valence-electron chi connectivity index (χ2n) is 6.77. The van der Waals surface area contributed by atoms with Gasteiger partial charge < -0.3 is 9.14 Å². The number of carbonyl (C=O) groups is 1. The summed E-state index contributed by atoms with van der Waals surface area (Å²) in [6.45, 7) is 1.05. The number of hydrogen-bond acceptors (Lipinski definition) is 5. The van der Waals surface area contributed by atoms with Crippen molar-refractivity contribution in [2.24, 2.45) is 0 Å². The molecule has 7 nitrogen and oxygen atoms in total. The van der Waals surface area contributed by atoms with Crippen molar-refractivity contribution >= 4 is 21.6 Å². The summed E-state index contributed by atoms with van der Waals surface area (Å²) in [6, 6.07) is 11.7. The highest BCUT2D eigenvalue weighted by Gasteiger charge is 2.26. The van der Waals surface area contributed by atoms with Crippen molar-refractivity contribution in [1.29, 1.82) is 0 Å². The third-order valence-electron chi connectivity index (χ3n) is 4.79. The molecule has 8 heteroatoms. The number of imidazole rings is 1. The molecule has 0 saturated carbocycles. The zero-order valence-corrected chi connectivity index (χ0v) is 16.1. The van der Waals surface area contributed by atoms with E-state index in [-0.39, 0.29) is 17.1 Å². The first kappa shape index (κ1) is 18.6. The van der Waals surface area contributed by atoms with Crippen LogP contribution in [0.15, 0.2) is 59.8 Å². The van der Waals surface area contributed by atoms with Gasteiger partial charge in [0.25, 0.3) is 0 Å². The van der Waals surface area contributed by atoms with E-state index >= 15 is 0 Å². The molecule has 1 aliphatic heterocycles. The fourth-order valence-corrected chi connectivity index (χ4v) is 4.88. The van der Waals surface area contributed by atoms with Gasteiger partial charge in [-0.25, -0.2) is 18.2 Å². The quantitative estimate of drug-likeness (QED) is 0.616. The molecule has 28 heavy (non-hydrogen) atoms. The third kappa shape index (κ3) is 3.79. The highest BCUT2D eigenvalue weighted by atomic mass is 32.2. The number of carbonyl (C=O) groups excluding carboxylic acids is 1. The van der Waals surface area contributed by atoms with Crippen molar-refractivity contribution in [2.45, 2.75) is 30.8 Å². The molecule has 0 atom stereocenters. The molecule has 0 unspecified atom stereocenters. The molecule has 1 aliphatic rings. The summed E-state index contributed by atoms with van der Waals surface area (Å²) >= 11 is 0. The monoisotopic (exact) mass is 399 g/mol. The Hall–Kier alpha value is -2.71. The molecule has 3 heterocycles. The van der Waals surface area contributed by atoms with Crippen molar-refractivity contribution in [3.05, 3.63) is 66.1 Å². The van der Waals surface area contributed by atoms with Gasteiger partial charge in [-0.1, -0.05) is 18.6 Å². The summed E-state index contributed by atoms with van der Waals surface area (Å²) in [4.78, 5) is 16.9. The number of ether oxygens (including phenoxy) is 1. The lowest BCUT2D eigenvalue weighted by molar-refractivity contribution is 0.0468. The van der Waals surface area contributed by atoms with Crippen LogP contribution < -0.4 is 0 Å². The van der Waals surface area contributed by atoms with E-state index in [0.29, 0.717) is 18.8 Å². The first-order valence-electron chi connectivity index (χ1n) is 9.24. The van der Waals surface area contributed by atoms with Gasteiger partial charge in [0, 0.05) is 25.5 Å². The Morgan fingerprint density at radius 3 is 2.68 bits per heavy atom. The van der Waals surface area contributed by atoms with E-state index in [1.165, 1.54) is 16.4 Å². The van der Waals surface area contributed by atoms with Gasteiger partial charge in [0.2, 0.25) is 10.0 Å². The van der Waals surface area contributed by atoms with Crippen LogP contribution in [0, 0.1) is 0 Å². The van der Waals surface area contributed by atoms with Crippen molar-refractivity contribution in [3.8, 4) is 0 Å². The largest absolute Gasteiger partial charge is 0.456 e. The molecule has 0 spiro atoms. The van der Waals surface area contributed by atoms with E-state index in [0.717, 1.165) is 24.9 Å². The van der Waals surface area contributed by atoms with Gasteiger partial charge in [-0.2, -0.15) is 4.31 Å². The minimum Gasteiger partial charge on any atom is -0.456 e. The maximum absolute atomic E-state index is 12.8. The lowest BCUT2D eigenvalue weighted by Gasteiger charge is -2.25. The number of fused-ring (bicyclic) bond motifs is 1. The van der Waals surface area contributed by atoms with E-state index in [9.17, 15) is 13.2 Å². The molecule has 0 amide bonds. The van der Waals surface area contributed by atoms with Crippen LogP contribution in [0.5, 0.6) is 0 Å². The molecule has 1 saturated heterocycles. The van der Waals surface area contributed by atoms with Gasteiger partial charge in [-0.3, -0.25) is 0 Å². The summed E-state index contributed by atoms with van der Waals surface area (Å²) in [7, 11) is -3.59. The Labute approximate surface area is 163 Å². The van der Waals surface area contributed by atoms with Crippen molar-refractivity contribution in [2.75, 3.05) is 13.1 Å². The molecular weight excluding hydrogens is 378 g/mol. The number of sulfonamides is 1. The Kier molecular flexibility index (Phi) is 5.15. The third-order valence-corrected chi connectivity index (χ3v) is 6.68. The smallest absolute Gasteiger partial charge is 0.338 e. The number of esters is 1. The highest BCUT2D eigenvalue weighted by molar-refractivity contribution is 7.89. The number of piperidine rings is 1. The Bertz CT molecular complexity index is 1070. The molecule has 0 N–H and O–H groups in total. The first-order chi connectivity index (χ1) is 13.5. The summed E-state index contributed by atoms with van der Waals surface area (Å²) in [5.74, 6) is -0.576. The maximum Gasteiger partial charge on any atom is 0.338 e. The van der Waals surface area contributed by atoms with Crippen molar-refractivity contribution in [1.82, 2.24) is 13.7 Å². The van der Waals surface area contributed by atoms with Crippen molar-refractivity contribution in [3.63, 3.8) is 0 Å². The summed E-state index contributed by atoms with van der Waals surface area (Å²) < 4.78 is 34.3. The molecule has 1 fully saturated rings. The molecule has 1 aromatic carbocycles. The fraction of sp³-hybridized carbons (Fsp3) is 0.300. The van der Waals surface area contributed by atoms with Crippen LogP contribution in [0.4, 0.5) is 0 Å². The van der Waals surface area contributed by atoms with Gasteiger partial charge in [-0.15, -0.1) is 0 Å². The number of benzene rings is 1. The van der Waals surface area contributed by atoms with Gasteiger partial charge in [-0.05, 0) is 43.2 Å². The maximum atomic E-state index is 12.8. The average Bonchev–Trinajstić information content (AvgIpc) is 3.16. The highest BCUT2D eigenvalue weighted by Crippen LogP contribution is 2.21. The number of nitrogens with zero attached hydrogens (tertiary/aromatic N) is 3. The molecule has 3 aromatic rings. The van der Waals surface area contributed by atoms with E-state index in [4.69, 9.17) is 4.74 Å². The molecule has 0 aliphatic carbocycles. The number of aromatic nitrogens is 2. The summed E-state index contributed by atoms with van der Waals surface area (Å²) in [5, 5.41) is 0. The van der Waals surface area contributed by atoms with Crippen LogP contribution in [0.1, 0.15) is 35.3 Å². The minimum atomic E-state index is -3.59. The summed E-state index contributed by atoms with van der Waals surface area (Å²) in [6.07, 6.45) is 6.42. The van der Waals surface area contributed by atoms with E-state index in [1.54, 1.807) is 18.3 Å². The standard InChI is InChI=1S/C20H21N3O4S/c24-20(27-15-17-14-22-10-5-2-9-19(22)21-17)16-7-6-8-18(13-16)28(25,26)23-11-3-1-4-12-23/h2,5-10,13-14H,1,3-4,11-12,15H2. The second kappa shape index (κ2) is 7.73. The van der Waals surface area contributed by atoms with Crippen LogP contribution in [0.2, 0.25) is 0 Å². The Balaban J connectivity index is 1.48. The van der Waals surface area contributed by atoms with E-state index < -0.39 is 16.0 Å². The number of pyridine rings is 1. The zero-order chi connectivity index (χ0) is 19.6. The van der Waals surface area contributed by atoms with Crippen LogP contribution in [0.25, 0.3) is 5.65 Å². The van der Waals surface area contributed by atoms with Crippen LogP contribution in [0.3, 0.4) is 0 Å². The van der Waals surface area contributed by atoms with Gasteiger partial charge in [0.15, 0.2) is 0 Å². The molecular formula is C20H21N3O4S. The topological polar surface area (TPSA) is 81.0 Å². The van der Waals surface area contributed by atoms with Gasteiger partial charge in [0.05, 0.1) is 16.2 Å². The summed E-state index contributed by atoms with van der Waals surface area (Å²) in [5.41, 5.74) is 1.60. The Morgan fingerprint density at radius 2 is 1.89 bits per heavy atom. The van der Waals surface area contributed by atoms with Crippen molar-refractivity contribution < 1.29 is 17.9 Å². The zero-order valence-electron chi connectivity index (χ0n) is 15.3. The predicted molar refractivity (Wildman–Crippen MR) is 103 cm³/mol. The van der Waals surface area contributed by atoms with Gasteiger partial charge >= 0.3 is 5.97 Å². The minimum absolute atomic E-state index is 0.0175. The van der Waals surface area contributed by atoms with Crippen LogP contribution in [-0.2, 0) is 21.4 Å². The Morgan fingerprint density at radius 1 is 1.07 bits per heavy atom. The molecule has 146 valence electrons. The fourth-order valence-electron chi connectivity index (χ4n) is 3.32. The van der Waals surface area contributed by atoms with E-state index in [2.05, 4.69) is 4.98 Å². The molecule has 4 rings (SSSR count). The molecule has 2 aromatic heterocycles. The molecule has 0 radical (unpaired) electrons. The van der Waals surface area contributed by atoms with Crippen LogP contribution >= 0.6 is 0 Å². The lowest BCUT2D eigenvalue weighted by atomic mass is 10.2. The second-order valence-corrected chi connectivity index (χ2v) is 8.70. The SMILES string of the molecule is O=C(OCc1cn2ccccc2n1)c1cccc(S(=O)(=O)N2CCCCC2)c1. The predicted octanol–water partition coefficient (Wildman–Crippen LogP) is 2.87. The van der Waals surface area contributed by atoms with Crippen LogP contribution in [-0.4, -0.2) is 41.2 Å². The normalized spacial score (nSPS) is 15.6.